The molecule has 138 valence electrons. The van der Waals surface area contributed by atoms with E-state index in [-0.39, 0.29) is 23.7 Å². The summed E-state index contributed by atoms with van der Waals surface area (Å²) in [6.45, 7) is 0.492. The predicted molar refractivity (Wildman–Crippen MR) is 102 cm³/mol. The number of hydrogen-bond donors (Lipinski definition) is 0. The monoisotopic (exact) mass is 372 g/mol. The lowest BCUT2D eigenvalue weighted by atomic mass is 9.98. The van der Waals surface area contributed by atoms with Gasteiger partial charge in [0.15, 0.2) is 0 Å². The zero-order valence-electron chi connectivity index (χ0n) is 15.0. The fourth-order valence-corrected chi connectivity index (χ4v) is 6.36. The van der Waals surface area contributed by atoms with E-state index in [1.165, 1.54) is 0 Å². The second-order valence-corrected chi connectivity index (χ2v) is 9.36. The van der Waals surface area contributed by atoms with Crippen LogP contribution in [0.15, 0.2) is 42.5 Å². The largest absolute Gasteiger partial charge is 0.344 e. The van der Waals surface area contributed by atoms with Crippen LogP contribution in [0.25, 0.3) is 10.8 Å². The molecule has 5 nitrogen and oxygen atoms in total. The molecule has 0 radical (unpaired) electrons. The van der Waals surface area contributed by atoms with Crippen molar-refractivity contribution in [1.82, 2.24) is 9.21 Å². The summed E-state index contributed by atoms with van der Waals surface area (Å²) >= 11 is 0. The van der Waals surface area contributed by atoms with Crippen molar-refractivity contribution in [2.75, 3.05) is 13.6 Å². The molecule has 2 aliphatic heterocycles. The van der Waals surface area contributed by atoms with Crippen molar-refractivity contribution in [3.05, 3.63) is 48.0 Å². The second kappa shape index (κ2) is 6.67. The van der Waals surface area contributed by atoms with Crippen LogP contribution in [0.4, 0.5) is 0 Å². The first kappa shape index (κ1) is 17.5. The number of carbonyl (C=O) groups excluding carboxylic acids is 1. The third-order valence-corrected chi connectivity index (χ3v) is 7.54. The Morgan fingerprint density at radius 1 is 1.04 bits per heavy atom. The molecule has 2 aromatic carbocycles. The van der Waals surface area contributed by atoms with E-state index in [9.17, 15) is 13.2 Å². The second-order valence-electron chi connectivity index (χ2n) is 7.48. The van der Waals surface area contributed by atoms with E-state index in [1.807, 2.05) is 42.5 Å². The summed E-state index contributed by atoms with van der Waals surface area (Å²) in [7, 11) is -1.71. The van der Waals surface area contributed by atoms with E-state index in [0.717, 1.165) is 35.6 Å². The Kier molecular flexibility index (Phi) is 4.49. The molecule has 0 aliphatic carbocycles. The third kappa shape index (κ3) is 3.23. The van der Waals surface area contributed by atoms with E-state index >= 15 is 0 Å². The van der Waals surface area contributed by atoms with Gasteiger partial charge in [-0.3, -0.25) is 4.79 Å². The molecule has 2 heterocycles. The van der Waals surface area contributed by atoms with Crippen molar-refractivity contribution in [1.29, 1.82) is 0 Å². The molecule has 2 bridgehead atoms. The molecule has 2 aromatic rings. The number of benzene rings is 2. The first-order valence-electron chi connectivity index (χ1n) is 9.17. The summed E-state index contributed by atoms with van der Waals surface area (Å²) in [4.78, 5) is 13.9. The molecule has 26 heavy (non-hydrogen) atoms. The lowest BCUT2D eigenvalue weighted by Crippen LogP contribution is -2.51. The van der Waals surface area contributed by atoms with Crippen molar-refractivity contribution in [3.63, 3.8) is 0 Å². The number of likely N-dealkylation sites (N-methyl/N-ethyl adjacent to an activating group) is 1. The highest BCUT2D eigenvalue weighted by molar-refractivity contribution is 7.88. The van der Waals surface area contributed by atoms with Crippen molar-refractivity contribution in [2.45, 2.75) is 43.5 Å². The van der Waals surface area contributed by atoms with E-state index in [4.69, 9.17) is 0 Å². The summed E-state index contributed by atoms with van der Waals surface area (Å²) in [6.07, 6.45) is 2.88. The molecule has 2 atom stereocenters. The Balaban J connectivity index is 1.65. The standard InChI is InChI=1S/C20H24N2O3S/c1-21-13-19-8-4-7-18(12-20(21)23)22(19)26(24,25)14-15-9-10-16-5-2-3-6-17(16)11-15/h2-3,5-6,9-11,18-19H,4,7-8,12-14H2,1H3. The zero-order valence-corrected chi connectivity index (χ0v) is 15.8. The Hall–Kier alpha value is -1.92. The van der Waals surface area contributed by atoms with Gasteiger partial charge in [0.1, 0.15) is 0 Å². The molecule has 2 unspecified atom stereocenters. The van der Waals surface area contributed by atoms with Gasteiger partial charge in [-0.2, -0.15) is 4.31 Å². The number of hydrogen-bond acceptors (Lipinski definition) is 3. The molecule has 4 rings (SSSR count). The minimum Gasteiger partial charge on any atom is -0.344 e. The van der Waals surface area contributed by atoms with Crippen molar-refractivity contribution in [3.8, 4) is 0 Å². The quantitative estimate of drug-likeness (QED) is 0.832. The van der Waals surface area contributed by atoms with Gasteiger partial charge in [-0.25, -0.2) is 8.42 Å². The minimum atomic E-state index is -3.48. The van der Waals surface area contributed by atoms with Crippen LogP contribution >= 0.6 is 0 Å². The van der Waals surface area contributed by atoms with E-state index < -0.39 is 10.0 Å². The summed E-state index contributed by atoms with van der Waals surface area (Å²) in [6, 6.07) is 13.5. The van der Waals surface area contributed by atoms with Crippen molar-refractivity contribution < 1.29 is 13.2 Å². The van der Waals surface area contributed by atoms with Crippen LogP contribution in [0, 0.1) is 0 Å². The number of fused-ring (bicyclic) bond motifs is 3. The number of piperidine rings is 1. The Morgan fingerprint density at radius 2 is 1.77 bits per heavy atom. The smallest absolute Gasteiger partial charge is 0.223 e. The van der Waals surface area contributed by atoms with Crippen LogP contribution in [0.5, 0.6) is 0 Å². The van der Waals surface area contributed by atoms with E-state index in [2.05, 4.69) is 0 Å². The van der Waals surface area contributed by atoms with Crippen LogP contribution in [0.3, 0.4) is 0 Å². The summed E-state index contributed by atoms with van der Waals surface area (Å²) in [5.74, 6) is 0.0354. The number of amides is 1. The average Bonchev–Trinajstić information content (AvgIpc) is 2.67. The zero-order chi connectivity index (χ0) is 18.3. The van der Waals surface area contributed by atoms with Gasteiger partial charge in [-0.15, -0.1) is 0 Å². The average molecular weight is 372 g/mol. The van der Waals surface area contributed by atoms with Crippen LogP contribution in [-0.4, -0.2) is 49.2 Å². The lowest BCUT2D eigenvalue weighted by Gasteiger charge is -2.39. The number of sulfonamides is 1. The SMILES string of the molecule is CN1CC2CCCC(CC1=O)N2S(=O)(=O)Cc1ccc2ccccc2c1. The Labute approximate surface area is 154 Å². The molecule has 1 amide bonds. The minimum absolute atomic E-state index is 0.0112. The van der Waals surface area contributed by atoms with E-state index in [1.54, 1.807) is 16.3 Å². The lowest BCUT2D eigenvalue weighted by molar-refractivity contribution is -0.129. The van der Waals surface area contributed by atoms with Gasteiger partial charge >= 0.3 is 0 Å². The number of nitrogens with zero attached hydrogens (tertiary/aromatic N) is 2. The molecular formula is C20H24N2O3S. The highest BCUT2D eigenvalue weighted by atomic mass is 32.2. The Morgan fingerprint density at radius 3 is 2.58 bits per heavy atom. The normalized spacial score (nSPS) is 24.7. The van der Waals surface area contributed by atoms with Gasteiger partial charge in [0, 0.05) is 32.1 Å². The number of carbonyl (C=O) groups is 1. The van der Waals surface area contributed by atoms with Crippen molar-refractivity contribution >= 4 is 26.7 Å². The van der Waals surface area contributed by atoms with Crippen LogP contribution < -0.4 is 0 Å². The number of rotatable bonds is 3. The fourth-order valence-electron chi connectivity index (χ4n) is 4.35. The van der Waals surface area contributed by atoms with Gasteiger partial charge in [0.25, 0.3) is 0 Å². The van der Waals surface area contributed by atoms with Gasteiger partial charge in [-0.1, -0.05) is 48.9 Å². The van der Waals surface area contributed by atoms with Gasteiger partial charge in [0.05, 0.1) is 5.75 Å². The summed E-state index contributed by atoms with van der Waals surface area (Å²) in [5, 5.41) is 2.15. The molecule has 0 saturated carbocycles. The third-order valence-electron chi connectivity index (χ3n) is 5.60. The molecular weight excluding hydrogens is 348 g/mol. The van der Waals surface area contributed by atoms with Gasteiger partial charge in [-0.05, 0) is 29.2 Å². The highest BCUT2D eigenvalue weighted by Crippen LogP contribution is 2.33. The first-order valence-corrected chi connectivity index (χ1v) is 10.8. The predicted octanol–water partition coefficient (Wildman–Crippen LogP) is 2.75. The molecule has 0 N–H and O–H groups in total. The van der Waals surface area contributed by atoms with Crippen LogP contribution in [-0.2, 0) is 20.6 Å². The highest BCUT2D eigenvalue weighted by Gasteiger charge is 2.43. The van der Waals surface area contributed by atoms with Gasteiger partial charge < -0.3 is 4.90 Å². The summed E-state index contributed by atoms with van der Waals surface area (Å²) < 4.78 is 28.2. The van der Waals surface area contributed by atoms with E-state index in [0.29, 0.717) is 13.0 Å². The molecule has 2 saturated heterocycles. The van der Waals surface area contributed by atoms with Gasteiger partial charge in [0.2, 0.25) is 15.9 Å². The molecule has 0 spiro atoms. The van der Waals surface area contributed by atoms with Crippen LogP contribution in [0.1, 0.15) is 31.2 Å². The first-order chi connectivity index (χ1) is 12.4. The molecule has 0 aromatic heterocycles. The Bertz CT molecular complexity index is 941. The maximum absolute atomic E-state index is 13.3. The fraction of sp³-hybridized carbons (Fsp3) is 0.450. The molecule has 2 fully saturated rings. The summed E-state index contributed by atoms with van der Waals surface area (Å²) in [5.41, 5.74) is 0.797. The maximum Gasteiger partial charge on any atom is 0.223 e. The van der Waals surface area contributed by atoms with Crippen molar-refractivity contribution in [2.24, 2.45) is 0 Å². The van der Waals surface area contributed by atoms with Crippen LogP contribution in [0.2, 0.25) is 0 Å². The topological polar surface area (TPSA) is 57.7 Å². The maximum atomic E-state index is 13.3. The molecule has 6 heteroatoms. The molecule has 2 aliphatic rings.